The summed E-state index contributed by atoms with van der Waals surface area (Å²) in [5, 5.41) is 8.02. The lowest BCUT2D eigenvalue weighted by atomic mass is 10.0. The largest absolute Gasteiger partial charge is 0.347 e. The van der Waals surface area contributed by atoms with E-state index in [4.69, 9.17) is 5.10 Å². The van der Waals surface area contributed by atoms with Crippen LogP contribution in [-0.2, 0) is 0 Å². The Morgan fingerprint density at radius 2 is 1.72 bits per heavy atom. The van der Waals surface area contributed by atoms with Crippen LogP contribution in [0.1, 0.15) is 49.4 Å². The van der Waals surface area contributed by atoms with Gasteiger partial charge in [-0.25, -0.2) is 13.9 Å². The van der Waals surface area contributed by atoms with Crippen molar-refractivity contribution in [1.29, 1.82) is 0 Å². The second-order valence-corrected chi connectivity index (χ2v) is 9.44. The fraction of sp³-hybridized carbons (Fsp3) is 0.219. The standard InChI is InChI=1S/C30H26FN5O.C2H6.H2/c1-20-18-32-28-13-14-29(34-36(20)28)35-19-26(17-27(35)23-10-6-12-25(31)16-23)33-30(37)24-11-5-9-22(15-24)21-7-3-2-4-8-21;1-2;/h2-16,18,26-27H,17,19H2,1H3,(H,33,37);1-2H3;1H/t26?,27-;;/m1../s1. The first-order valence-electron chi connectivity index (χ1n) is 13.3. The molecule has 1 amide bonds. The number of halogens is 1. The van der Waals surface area contributed by atoms with Crippen molar-refractivity contribution in [3.8, 4) is 11.1 Å². The van der Waals surface area contributed by atoms with Gasteiger partial charge in [-0.2, -0.15) is 0 Å². The van der Waals surface area contributed by atoms with Crippen molar-refractivity contribution < 1.29 is 10.6 Å². The lowest BCUT2D eigenvalue weighted by Gasteiger charge is -2.26. The van der Waals surface area contributed by atoms with Crippen LogP contribution in [0.4, 0.5) is 10.2 Å². The van der Waals surface area contributed by atoms with Gasteiger partial charge in [-0.1, -0.05) is 68.4 Å². The number of amides is 1. The molecule has 7 heteroatoms. The molecule has 3 heterocycles. The Morgan fingerprint density at radius 3 is 2.51 bits per heavy atom. The molecule has 1 fully saturated rings. The molecule has 6 rings (SSSR count). The van der Waals surface area contributed by atoms with Crippen LogP contribution in [0.5, 0.6) is 0 Å². The van der Waals surface area contributed by atoms with Crippen molar-refractivity contribution in [1.82, 2.24) is 19.9 Å². The second-order valence-electron chi connectivity index (χ2n) is 9.44. The summed E-state index contributed by atoms with van der Waals surface area (Å²) in [5.41, 5.74) is 5.22. The minimum atomic E-state index is -0.281. The predicted octanol–water partition coefficient (Wildman–Crippen LogP) is 6.87. The average molecular weight is 524 g/mol. The maximum Gasteiger partial charge on any atom is 0.251 e. The van der Waals surface area contributed by atoms with E-state index in [0.717, 1.165) is 33.8 Å². The summed E-state index contributed by atoms with van der Waals surface area (Å²) >= 11 is 0. The van der Waals surface area contributed by atoms with Gasteiger partial charge >= 0.3 is 0 Å². The zero-order valence-corrected chi connectivity index (χ0v) is 22.4. The highest BCUT2D eigenvalue weighted by molar-refractivity contribution is 5.95. The van der Waals surface area contributed by atoms with Gasteiger partial charge < -0.3 is 10.2 Å². The normalized spacial score (nSPS) is 16.6. The molecule has 1 unspecified atom stereocenters. The number of nitrogens with zero attached hydrogens (tertiary/aromatic N) is 4. The topological polar surface area (TPSA) is 62.5 Å². The van der Waals surface area contributed by atoms with Crippen LogP contribution in [0.15, 0.2) is 97.2 Å². The Balaban J connectivity index is 0.00000121. The number of carbonyl (C=O) groups excluding carboxylic acids is 1. The van der Waals surface area contributed by atoms with Gasteiger partial charge in [0.2, 0.25) is 0 Å². The molecule has 39 heavy (non-hydrogen) atoms. The monoisotopic (exact) mass is 523 g/mol. The summed E-state index contributed by atoms with van der Waals surface area (Å²) in [4.78, 5) is 19.8. The van der Waals surface area contributed by atoms with Gasteiger partial charge in [0.1, 0.15) is 11.6 Å². The van der Waals surface area contributed by atoms with Gasteiger partial charge in [0, 0.05) is 19.6 Å². The zero-order chi connectivity index (χ0) is 27.4. The SMILES string of the molecule is CC.Cc1cnc2ccc(N3CC(NC(=O)c4cccc(-c5ccccc5)c4)C[C@@H]3c3cccc(F)c3)nn12.[HH]. The molecule has 2 atom stereocenters. The van der Waals surface area contributed by atoms with E-state index >= 15 is 0 Å². The highest BCUT2D eigenvalue weighted by Crippen LogP contribution is 2.36. The first-order chi connectivity index (χ1) is 19.0. The minimum absolute atomic E-state index is 0. The van der Waals surface area contributed by atoms with Gasteiger partial charge in [0.25, 0.3) is 5.91 Å². The van der Waals surface area contributed by atoms with E-state index in [1.54, 1.807) is 22.8 Å². The van der Waals surface area contributed by atoms with E-state index in [1.807, 2.05) is 93.6 Å². The minimum Gasteiger partial charge on any atom is -0.347 e. The number of nitrogens with one attached hydrogen (secondary N) is 1. The number of aromatic nitrogens is 3. The summed E-state index contributed by atoms with van der Waals surface area (Å²) in [7, 11) is 0. The lowest BCUT2D eigenvalue weighted by Crippen LogP contribution is -2.37. The smallest absolute Gasteiger partial charge is 0.251 e. The van der Waals surface area contributed by atoms with E-state index < -0.39 is 0 Å². The van der Waals surface area contributed by atoms with E-state index in [9.17, 15) is 9.18 Å². The first-order valence-corrected chi connectivity index (χ1v) is 13.3. The van der Waals surface area contributed by atoms with Crippen LogP contribution >= 0.6 is 0 Å². The maximum absolute atomic E-state index is 14.2. The molecule has 0 aliphatic carbocycles. The van der Waals surface area contributed by atoms with Crippen LogP contribution < -0.4 is 10.2 Å². The Morgan fingerprint density at radius 1 is 0.949 bits per heavy atom. The summed E-state index contributed by atoms with van der Waals surface area (Å²) in [6.45, 7) is 6.51. The van der Waals surface area contributed by atoms with E-state index in [2.05, 4.69) is 15.2 Å². The Bertz CT molecular complexity index is 1590. The van der Waals surface area contributed by atoms with Gasteiger partial charge in [-0.3, -0.25) is 4.79 Å². The van der Waals surface area contributed by atoms with Crippen molar-refractivity contribution in [3.05, 3.63) is 120 Å². The number of anilines is 1. The summed E-state index contributed by atoms with van der Waals surface area (Å²) < 4.78 is 16.0. The molecule has 1 aliphatic rings. The van der Waals surface area contributed by atoms with Gasteiger partial charge in [0.05, 0.1) is 17.9 Å². The molecular formula is C32H34FN5O. The third-order valence-electron chi connectivity index (χ3n) is 6.91. The van der Waals surface area contributed by atoms with Crippen molar-refractivity contribution in [3.63, 3.8) is 0 Å². The first kappa shape index (κ1) is 26.1. The number of aryl methyl sites for hydroxylation is 1. The lowest BCUT2D eigenvalue weighted by molar-refractivity contribution is 0.0940. The number of hydrogen-bond donors (Lipinski definition) is 1. The van der Waals surface area contributed by atoms with Crippen LogP contribution in [0.25, 0.3) is 16.8 Å². The number of benzene rings is 3. The quantitative estimate of drug-likeness (QED) is 0.273. The number of fused-ring (bicyclic) bond motifs is 1. The molecule has 1 aliphatic heterocycles. The van der Waals surface area contributed by atoms with Crippen molar-refractivity contribution in [2.24, 2.45) is 0 Å². The third kappa shape index (κ3) is 5.53. The molecule has 0 saturated carbocycles. The van der Waals surface area contributed by atoms with Crippen molar-refractivity contribution >= 4 is 17.4 Å². The van der Waals surface area contributed by atoms with Crippen LogP contribution in [0.2, 0.25) is 0 Å². The number of imidazole rings is 1. The van der Waals surface area contributed by atoms with E-state index in [1.165, 1.54) is 6.07 Å². The van der Waals surface area contributed by atoms with Crippen molar-refractivity contribution in [2.75, 3.05) is 11.4 Å². The van der Waals surface area contributed by atoms with Gasteiger partial charge in [-0.15, -0.1) is 5.10 Å². The third-order valence-corrected chi connectivity index (χ3v) is 6.91. The van der Waals surface area contributed by atoms with E-state index in [-0.39, 0.29) is 25.2 Å². The highest BCUT2D eigenvalue weighted by atomic mass is 19.1. The Hall–Kier alpha value is -4.52. The average Bonchev–Trinajstić information content (AvgIpc) is 3.58. The summed E-state index contributed by atoms with van der Waals surface area (Å²) in [5.74, 6) is 0.346. The van der Waals surface area contributed by atoms with Crippen LogP contribution in [-0.4, -0.2) is 33.1 Å². The molecule has 200 valence electrons. The van der Waals surface area contributed by atoms with Gasteiger partial charge in [0.15, 0.2) is 5.65 Å². The van der Waals surface area contributed by atoms with Crippen molar-refractivity contribution in [2.45, 2.75) is 39.3 Å². The Kier molecular flexibility index (Phi) is 7.68. The second kappa shape index (κ2) is 11.5. The zero-order valence-electron chi connectivity index (χ0n) is 22.4. The summed E-state index contributed by atoms with van der Waals surface area (Å²) in [6.07, 6.45) is 2.42. The van der Waals surface area contributed by atoms with Gasteiger partial charge in [-0.05, 0) is 66.4 Å². The fourth-order valence-electron chi connectivity index (χ4n) is 5.09. The molecule has 0 spiro atoms. The highest BCUT2D eigenvalue weighted by Gasteiger charge is 2.35. The Labute approximate surface area is 229 Å². The molecule has 3 aromatic carbocycles. The molecule has 2 aromatic heterocycles. The molecule has 1 saturated heterocycles. The predicted molar refractivity (Wildman–Crippen MR) is 155 cm³/mol. The molecular weight excluding hydrogens is 489 g/mol. The van der Waals surface area contributed by atoms with E-state index in [0.29, 0.717) is 18.5 Å². The maximum atomic E-state index is 14.2. The fourth-order valence-corrected chi connectivity index (χ4v) is 5.09. The molecule has 0 bridgehead atoms. The molecule has 1 N–H and O–H groups in total. The number of hydrogen-bond acceptors (Lipinski definition) is 4. The molecule has 6 nitrogen and oxygen atoms in total. The number of rotatable bonds is 5. The molecule has 0 radical (unpaired) electrons. The van der Waals surface area contributed by atoms with Crippen LogP contribution in [0.3, 0.4) is 0 Å². The summed E-state index contributed by atoms with van der Waals surface area (Å²) in [6, 6.07) is 27.9. The van der Waals surface area contributed by atoms with Crippen LogP contribution in [0, 0.1) is 12.7 Å². The number of carbonyl (C=O) groups is 1. The molecule has 5 aromatic rings.